The van der Waals surface area contributed by atoms with Gasteiger partial charge in [-0.15, -0.1) is 0 Å². The van der Waals surface area contributed by atoms with Crippen molar-refractivity contribution in [3.8, 4) is 0 Å². The van der Waals surface area contributed by atoms with Crippen molar-refractivity contribution in [2.45, 2.75) is 38.3 Å². The molecule has 3 heterocycles. The van der Waals surface area contributed by atoms with E-state index in [1.807, 2.05) is 12.1 Å². The predicted molar refractivity (Wildman–Crippen MR) is 108 cm³/mol. The number of hydrogen-bond acceptors (Lipinski definition) is 4. The summed E-state index contributed by atoms with van der Waals surface area (Å²) in [5, 5.41) is 6.88. The number of fused-ring (bicyclic) bond motifs is 1. The van der Waals surface area contributed by atoms with Gasteiger partial charge >= 0.3 is 0 Å². The van der Waals surface area contributed by atoms with Crippen LogP contribution < -0.4 is 10.6 Å². The normalized spacial score (nSPS) is 21.3. The van der Waals surface area contributed by atoms with E-state index in [2.05, 4.69) is 38.4 Å². The lowest BCUT2D eigenvalue weighted by atomic mass is 10.1. The van der Waals surface area contributed by atoms with Gasteiger partial charge in [0.2, 0.25) is 11.8 Å². The minimum Gasteiger partial charge on any atom is -0.379 e. The fourth-order valence-electron chi connectivity index (χ4n) is 3.95. The van der Waals surface area contributed by atoms with Crippen molar-refractivity contribution in [1.29, 1.82) is 0 Å². The zero-order chi connectivity index (χ0) is 19.3. The number of morpholine rings is 1. The molecular formula is C21H28N4O3. The van der Waals surface area contributed by atoms with Gasteiger partial charge in [-0.25, -0.2) is 0 Å². The van der Waals surface area contributed by atoms with E-state index in [-0.39, 0.29) is 11.8 Å². The van der Waals surface area contributed by atoms with Gasteiger partial charge in [-0.05, 0) is 37.1 Å². The Bertz CT molecular complexity index is 841. The molecule has 1 aromatic carbocycles. The van der Waals surface area contributed by atoms with Crippen molar-refractivity contribution in [3.05, 3.63) is 30.5 Å². The van der Waals surface area contributed by atoms with Crippen molar-refractivity contribution in [3.63, 3.8) is 0 Å². The SMILES string of the molecule is O=C1CCCCC(C(=O)Nc2ccc3c(ccn3CCN3CCOCC3)c2)N1. The Hall–Kier alpha value is -2.38. The maximum atomic E-state index is 12.5. The molecule has 2 aliphatic heterocycles. The van der Waals surface area contributed by atoms with Crippen LogP contribution in [-0.4, -0.2) is 60.2 Å². The fraction of sp³-hybridized carbons (Fsp3) is 0.524. The quantitative estimate of drug-likeness (QED) is 0.827. The fourth-order valence-corrected chi connectivity index (χ4v) is 3.95. The molecule has 2 N–H and O–H groups in total. The molecule has 2 aliphatic rings. The molecule has 0 aliphatic carbocycles. The number of nitrogens with zero attached hydrogens (tertiary/aromatic N) is 2. The van der Waals surface area contributed by atoms with Crippen LogP contribution in [0.5, 0.6) is 0 Å². The van der Waals surface area contributed by atoms with Gasteiger partial charge < -0.3 is 19.9 Å². The molecule has 2 amide bonds. The lowest BCUT2D eigenvalue weighted by Gasteiger charge is -2.26. The molecule has 28 heavy (non-hydrogen) atoms. The third-order valence-electron chi connectivity index (χ3n) is 5.60. The third kappa shape index (κ3) is 4.54. The Kier molecular flexibility index (Phi) is 5.92. The van der Waals surface area contributed by atoms with E-state index < -0.39 is 6.04 Å². The number of carbonyl (C=O) groups is 2. The Labute approximate surface area is 165 Å². The first kappa shape index (κ1) is 19.0. The highest BCUT2D eigenvalue weighted by Crippen LogP contribution is 2.21. The van der Waals surface area contributed by atoms with Crippen LogP contribution in [0.15, 0.2) is 30.5 Å². The van der Waals surface area contributed by atoms with Crippen LogP contribution in [0, 0.1) is 0 Å². The van der Waals surface area contributed by atoms with Crippen LogP contribution in [0.25, 0.3) is 10.9 Å². The summed E-state index contributed by atoms with van der Waals surface area (Å²) in [7, 11) is 0. The highest BCUT2D eigenvalue weighted by molar-refractivity contribution is 5.98. The number of hydrogen-bond donors (Lipinski definition) is 2. The Morgan fingerprint density at radius 1 is 1.18 bits per heavy atom. The highest BCUT2D eigenvalue weighted by Gasteiger charge is 2.23. The lowest BCUT2D eigenvalue weighted by molar-refractivity contribution is -0.125. The molecule has 1 aromatic heterocycles. The van der Waals surface area contributed by atoms with Crippen molar-refractivity contribution in [2.75, 3.05) is 38.2 Å². The first-order valence-corrected chi connectivity index (χ1v) is 10.2. The van der Waals surface area contributed by atoms with E-state index in [0.717, 1.165) is 68.8 Å². The summed E-state index contributed by atoms with van der Waals surface area (Å²) in [5.41, 5.74) is 1.93. The van der Waals surface area contributed by atoms with Gasteiger partial charge in [0.1, 0.15) is 6.04 Å². The number of aromatic nitrogens is 1. The molecule has 1 atom stereocenters. The third-order valence-corrected chi connectivity index (χ3v) is 5.60. The molecule has 0 spiro atoms. The summed E-state index contributed by atoms with van der Waals surface area (Å²) in [6, 6.07) is 7.62. The number of anilines is 1. The molecule has 0 bridgehead atoms. The van der Waals surface area contributed by atoms with Gasteiger partial charge in [-0.3, -0.25) is 14.5 Å². The lowest BCUT2D eigenvalue weighted by Crippen LogP contribution is -2.42. The first-order valence-electron chi connectivity index (χ1n) is 10.2. The molecule has 0 radical (unpaired) electrons. The van der Waals surface area contributed by atoms with Gasteiger partial charge in [0.15, 0.2) is 0 Å². The van der Waals surface area contributed by atoms with Crippen LogP contribution in [0.2, 0.25) is 0 Å². The van der Waals surface area contributed by atoms with Crippen LogP contribution in [-0.2, 0) is 20.9 Å². The summed E-state index contributed by atoms with van der Waals surface area (Å²) < 4.78 is 7.65. The number of carbonyl (C=O) groups excluding carboxylic acids is 2. The van der Waals surface area contributed by atoms with Gasteiger partial charge in [-0.2, -0.15) is 0 Å². The van der Waals surface area contributed by atoms with Gasteiger partial charge in [0.05, 0.1) is 13.2 Å². The predicted octanol–water partition coefficient (Wildman–Crippen LogP) is 1.97. The molecule has 0 saturated carbocycles. The summed E-state index contributed by atoms with van der Waals surface area (Å²) in [4.78, 5) is 26.7. The largest absolute Gasteiger partial charge is 0.379 e. The molecule has 1 unspecified atom stereocenters. The summed E-state index contributed by atoms with van der Waals surface area (Å²) >= 11 is 0. The van der Waals surface area contributed by atoms with Crippen molar-refractivity contribution < 1.29 is 14.3 Å². The molecule has 2 aromatic rings. The highest BCUT2D eigenvalue weighted by atomic mass is 16.5. The van der Waals surface area contributed by atoms with Crippen LogP contribution in [0.3, 0.4) is 0 Å². The van der Waals surface area contributed by atoms with E-state index in [1.54, 1.807) is 0 Å². The molecule has 4 rings (SSSR count). The molecule has 150 valence electrons. The summed E-state index contributed by atoms with van der Waals surface area (Å²) in [6.45, 7) is 5.56. The number of rotatable bonds is 5. The van der Waals surface area contributed by atoms with Gasteiger partial charge in [-0.1, -0.05) is 6.42 Å². The van der Waals surface area contributed by atoms with Gasteiger partial charge in [0.25, 0.3) is 0 Å². The van der Waals surface area contributed by atoms with Crippen LogP contribution in [0.1, 0.15) is 25.7 Å². The average Bonchev–Trinajstić information content (AvgIpc) is 2.98. The van der Waals surface area contributed by atoms with E-state index >= 15 is 0 Å². The monoisotopic (exact) mass is 384 g/mol. The topological polar surface area (TPSA) is 75.6 Å². The second kappa shape index (κ2) is 8.75. The number of nitrogens with one attached hydrogen (secondary N) is 2. The van der Waals surface area contributed by atoms with Crippen molar-refractivity contribution >= 4 is 28.4 Å². The Morgan fingerprint density at radius 3 is 2.89 bits per heavy atom. The minimum atomic E-state index is -0.441. The van der Waals surface area contributed by atoms with Crippen LogP contribution >= 0.6 is 0 Å². The second-order valence-electron chi connectivity index (χ2n) is 7.59. The van der Waals surface area contributed by atoms with E-state index in [0.29, 0.717) is 12.8 Å². The number of benzene rings is 1. The van der Waals surface area contributed by atoms with E-state index in [9.17, 15) is 9.59 Å². The standard InChI is InChI=1S/C21H28N4O3/c26-20-4-2-1-3-18(23-20)21(27)22-17-5-6-19-16(15-17)7-8-25(19)10-9-24-11-13-28-14-12-24/h5-8,15,18H,1-4,9-14H2,(H,22,27)(H,23,26). The summed E-state index contributed by atoms with van der Waals surface area (Å²) in [5.74, 6) is -0.174. The first-order chi connectivity index (χ1) is 13.7. The average molecular weight is 384 g/mol. The summed E-state index contributed by atoms with van der Waals surface area (Å²) in [6.07, 6.45) is 5.04. The minimum absolute atomic E-state index is 0.0366. The van der Waals surface area contributed by atoms with Crippen molar-refractivity contribution in [2.24, 2.45) is 0 Å². The molecule has 2 fully saturated rings. The van der Waals surface area contributed by atoms with E-state index in [4.69, 9.17) is 4.74 Å². The Balaban J connectivity index is 1.39. The molecule has 2 saturated heterocycles. The molecule has 7 nitrogen and oxygen atoms in total. The smallest absolute Gasteiger partial charge is 0.246 e. The maximum Gasteiger partial charge on any atom is 0.246 e. The van der Waals surface area contributed by atoms with Crippen molar-refractivity contribution in [1.82, 2.24) is 14.8 Å². The molecule has 7 heteroatoms. The number of ether oxygens (including phenoxy) is 1. The zero-order valence-electron chi connectivity index (χ0n) is 16.2. The zero-order valence-corrected chi connectivity index (χ0v) is 16.2. The molecular weight excluding hydrogens is 356 g/mol. The maximum absolute atomic E-state index is 12.5. The van der Waals surface area contributed by atoms with Gasteiger partial charge in [0, 0.05) is 55.4 Å². The second-order valence-corrected chi connectivity index (χ2v) is 7.59. The van der Waals surface area contributed by atoms with Crippen LogP contribution in [0.4, 0.5) is 5.69 Å². The Morgan fingerprint density at radius 2 is 2.04 bits per heavy atom. The van der Waals surface area contributed by atoms with E-state index in [1.165, 1.54) is 0 Å². The number of amides is 2.